The highest BCUT2D eigenvalue weighted by Gasteiger charge is 2.25. The molecule has 1 fully saturated rings. The first-order chi connectivity index (χ1) is 16.7. The molecule has 7 rings (SSSR count). The first-order valence-corrected chi connectivity index (χ1v) is 10.9. The van der Waals surface area contributed by atoms with Gasteiger partial charge < -0.3 is 20.0 Å². The van der Waals surface area contributed by atoms with Gasteiger partial charge in [0.1, 0.15) is 22.7 Å². The standard InChI is InChI=1S/C24H19N9O/c25-14-10-33(11-14)22-9-27-8-21(29-22)17-1-2-18-23(30-17)24(32-31-18)19-5-15-16(13-3-4-34-12-13)6-26-7-20(15)28-19/h1-9,12,14,28H,10-11,25H2,(H,31,32). The molecule has 166 valence electrons. The summed E-state index contributed by atoms with van der Waals surface area (Å²) in [5.41, 5.74) is 13.4. The second-order valence-corrected chi connectivity index (χ2v) is 8.44. The van der Waals surface area contributed by atoms with Gasteiger partial charge in [-0.15, -0.1) is 0 Å². The number of nitrogens with one attached hydrogen (secondary N) is 2. The molecular weight excluding hydrogens is 430 g/mol. The van der Waals surface area contributed by atoms with Crippen molar-refractivity contribution in [3.63, 3.8) is 0 Å². The van der Waals surface area contributed by atoms with Crippen molar-refractivity contribution in [3.05, 3.63) is 61.6 Å². The van der Waals surface area contributed by atoms with Crippen molar-refractivity contribution in [3.8, 4) is 33.9 Å². The summed E-state index contributed by atoms with van der Waals surface area (Å²) in [5.74, 6) is 0.809. The van der Waals surface area contributed by atoms with Gasteiger partial charge >= 0.3 is 0 Å². The largest absolute Gasteiger partial charge is 0.472 e. The number of H-pyrrole nitrogens is 2. The Labute approximate surface area is 192 Å². The first-order valence-electron chi connectivity index (χ1n) is 10.9. The van der Waals surface area contributed by atoms with Crippen LogP contribution in [-0.4, -0.2) is 54.2 Å². The van der Waals surface area contributed by atoms with E-state index in [4.69, 9.17) is 20.1 Å². The monoisotopic (exact) mass is 449 g/mol. The van der Waals surface area contributed by atoms with Crippen LogP contribution in [0.3, 0.4) is 0 Å². The van der Waals surface area contributed by atoms with E-state index in [-0.39, 0.29) is 6.04 Å². The predicted molar refractivity (Wildman–Crippen MR) is 128 cm³/mol. The predicted octanol–water partition coefficient (Wildman–Crippen LogP) is 3.37. The quantitative estimate of drug-likeness (QED) is 0.372. The van der Waals surface area contributed by atoms with E-state index in [1.54, 1.807) is 31.1 Å². The van der Waals surface area contributed by atoms with E-state index in [1.807, 2.05) is 24.4 Å². The topological polar surface area (TPSA) is 138 Å². The highest BCUT2D eigenvalue weighted by Crippen LogP contribution is 2.33. The van der Waals surface area contributed by atoms with E-state index < -0.39 is 0 Å². The molecule has 0 bridgehead atoms. The molecule has 0 aromatic carbocycles. The Kier molecular flexibility index (Phi) is 4.02. The number of furan rings is 1. The Morgan fingerprint density at radius 3 is 2.74 bits per heavy atom. The summed E-state index contributed by atoms with van der Waals surface area (Å²) in [7, 11) is 0. The second-order valence-electron chi connectivity index (χ2n) is 8.44. The lowest BCUT2D eigenvalue weighted by Crippen LogP contribution is -2.56. The number of aromatic amines is 2. The molecule has 0 saturated carbocycles. The van der Waals surface area contributed by atoms with Gasteiger partial charge in [-0.05, 0) is 24.3 Å². The number of nitrogens with zero attached hydrogens (tertiary/aromatic N) is 6. The summed E-state index contributed by atoms with van der Waals surface area (Å²) in [6.07, 6.45) is 10.5. The molecule has 10 heteroatoms. The SMILES string of the molecule is NC1CN(c2cncc(-c3ccc4[nH]nc(-c5cc6c(-c7ccoc7)cncc6[nH]5)c4n3)n2)C1. The molecule has 6 aromatic rings. The number of anilines is 1. The van der Waals surface area contributed by atoms with Crippen molar-refractivity contribution in [2.75, 3.05) is 18.0 Å². The highest BCUT2D eigenvalue weighted by molar-refractivity contribution is 5.99. The van der Waals surface area contributed by atoms with E-state index >= 15 is 0 Å². The minimum atomic E-state index is 0.189. The minimum absolute atomic E-state index is 0.189. The third-order valence-electron chi connectivity index (χ3n) is 6.16. The van der Waals surface area contributed by atoms with Crippen LogP contribution in [0.5, 0.6) is 0 Å². The number of pyridine rings is 2. The Hall–Kier alpha value is -4.57. The van der Waals surface area contributed by atoms with Gasteiger partial charge in [0.25, 0.3) is 0 Å². The van der Waals surface area contributed by atoms with Crippen LogP contribution in [0.1, 0.15) is 0 Å². The van der Waals surface area contributed by atoms with Gasteiger partial charge in [-0.3, -0.25) is 15.1 Å². The smallest absolute Gasteiger partial charge is 0.147 e. The van der Waals surface area contributed by atoms with Crippen LogP contribution in [0, 0.1) is 0 Å². The lowest BCUT2D eigenvalue weighted by molar-refractivity contribution is 0.514. The van der Waals surface area contributed by atoms with E-state index in [0.717, 1.165) is 69.1 Å². The normalized spacial score (nSPS) is 14.2. The number of nitrogens with two attached hydrogens (primary N) is 1. The Balaban J connectivity index is 1.31. The molecule has 4 N–H and O–H groups in total. The number of hydrogen-bond acceptors (Lipinski definition) is 8. The Morgan fingerprint density at radius 2 is 1.88 bits per heavy atom. The van der Waals surface area contributed by atoms with E-state index in [2.05, 4.69) is 36.1 Å². The summed E-state index contributed by atoms with van der Waals surface area (Å²) in [4.78, 5) is 23.9. The van der Waals surface area contributed by atoms with Crippen molar-refractivity contribution < 1.29 is 4.42 Å². The van der Waals surface area contributed by atoms with Crippen LogP contribution in [0.2, 0.25) is 0 Å². The zero-order valence-electron chi connectivity index (χ0n) is 17.9. The summed E-state index contributed by atoms with van der Waals surface area (Å²) in [5, 5.41) is 8.66. The maximum Gasteiger partial charge on any atom is 0.147 e. The molecule has 0 radical (unpaired) electrons. The number of hydrogen-bond donors (Lipinski definition) is 3. The fraction of sp³-hybridized carbons (Fsp3) is 0.125. The molecule has 34 heavy (non-hydrogen) atoms. The first kappa shape index (κ1) is 18.9. The van der Waals surface area contributed by atoms with Crippen molar-refractivity contribution in [1.82, 2.24) is 35.1 Å². The maximum absolute atomic E-state index is 5.92. The van der Waals surface area contributed by atoms with Gasteiger partial charge in [-0.1, -0.05) is 0 Å². The summed E-state index contributed by atoms with van der Waals surface area (Å²) < 4.78 is 5.26. The van der Waals surface area contributed by atoms with Gasteiger partial charge in [-0.2, -0.15) is 5.10 Å². The minimum Gasteiger partial charge on any atom is -0.472 e. The average molecular weight is 449 g/mol. The van der Waals surface area contributed by atoms with Gasteiger partial charge in [0.2, 0.25) is 0 Å². The summed E-state index contributed by atoms with van der Waals surface area (Å²) >= 11 is 0. The molecule has 10 nitrogen and oxygen atoms in total. The fourth-order valence-electron chi connectivity index (χ4n) is 4.39. The third-order valence-corrected chi connectivity index (χ3v) is 6.16. The molecule has 1 aliphatic heterocycles. The van der Waals surface area contributed by atoms with E-state index in [1.165, 1.54) is 0 Å². The zero-order valence-corrected chi connectivity index (χ0v) is 17.9. The van der Waals surface area contributed by atoms with Crippen molar-refractivity contribution >= 4 is 27.8 Å². The van der Waals surface area contributed by atoms with Crippen LogP contribution in [-0.2, 0) is 0 Å². The van der Waals surface area contributed by atoms with Crippen LogP contribution in [0.4, 0.5) is 5.82 Å². The summed E-state index contributed by atoms with van der Waals surface area (Å²) in [6.45, 7) is 1.57. The van der Waals surface area contributed by atoms with Gasteiger partial charge in [-0.25, -0.2) is 9.97 Å². The van der Waals surface area contributed by atoms with Crippen LogP contribution >= 0.6 is 0 Å². The molecule has 1 aliphatic rings. The summed E-state index contributed by atoms with van der Waals surface area (Å²) in [6, 6.07) is 8.06. The fourth-order valence-corrected chi connectivity index (χ4v) is 4.39. The van der Waals surface area contributed by atoms with Crippen molar-refractivity contribution in [2.45, 2.75) is 6.04 Å². The van der Waals surface area contributed by atoms with E-state index in [9.17, 15) is 0 Å². The van der Waals surface area contributed by atoms with Gasteiger partial charge in [0.05, 0.1) is 53.5 Å². The lowest BCUT2D eigenvalue weighted by Gasteiger charge is -2.37. The highest BCUT2D eigenvalue weighted by atomic mass is 16.3. The van der Waals surface area contributed by atoms with Crippen LogP contribution in [0.15, 0.2) is 66.0 Å². The van der Waals surface area contributed by atoms with Crippen LogP contribution in [0.25, 0.3) is 55.8 Å². The van der Waals surface area contributed by atoms with Crippen molar-refractivity contribution in [1.29, 1.82) is 0 Å². The molecule has 0 spiro atoms. The zero-order chi connectivity index (χ0) is 22.6. The van der Waals surface area contributed by atoms with E-state index in [0.29, 0.717) is 5.69 Å². The molecule has 0 unspecified atom stereocenters. The average Bonchev–Trinajstić information content (AvgIpc) is 3.60. The molecular formula is C24H19N9O. The van der Waals surface area contributed by atoms with Crippen molar-refractivity contribution in [2.24, 2.45) is 5.73 Å². The maximum atomic E-state index is 5.92. The number of fused-ring (bicyclic) bond motifs is 2. The molecule has 0 atom stereocenters. The van der Waals surface area contributed by atoms with Gasteiger partial charge in [0.15, 0.2) is 0 Å². The Bertz CT molecular complexity index is 1640. The molecule has 0 amide bonds. The third kappa shape index (κ3) is 2.96. The number of rotatable bonds is 4. The molecule has 6 aromatic heterocycles. The Morgan fingerprint density at radius 1 is 0.971 bits per heavy atom. The lowest BCUT2D eigenvalue weighted by atomic mass is 10.1. The number of aromatic nitrogens is 7. The molecule has 7 heterocycles. The molecule has 0 aliphatic carbocycles. The van der Waals surface area contributed by atoms with Gasteiger partial charge in [0, 0.05) is 41.8 Å². The second kappa shape index (κ2) is 7.22. The van der Waals surface area contributed by atoms with Crippen LogP contribution < -0.4 is 10.6 Å². The molecule has 1 saturated heterocycles.